The van der Waals surface area contributed by atoms with Gasteiger partial charge in [-0.2, -0.15) is 5.10 Å². The topological polar surface area (TPSA) is 30.2 Å². The molecule has 0 saturated carbocycles. The van der Waals surface area contributed by atoms with E-state index >= 15 is 0 Å². The minimum Gasteiger partial charge on any atom is -0.233 e. The van der Waals surface area contributed by atoms with Crippen LogP contribution >= 0.6 is 23.5 Å². The van der Waals surface area contributed by atoms with E-state index < -0.39 is 0 Å². The van der Waals surface area contributed by atoms with Crippen LogP contribution in [-0.4, -0.2) is 27.1 Å². The zero-order chi connectivity index (χ0) is 10.1. The maximum atomic E-state index is 4.48. The number of thioether (sulfide) groups is 2. The maximum absolute atomic E-state index is 4.48. The van der Waals surface area contributed by atoms with Crippen molar-refractivity contribution in [2.45, 2.75) is 16.8 Å². The molecule has 74 valence electrons. The maximum Gasteiger partial charge on any atom is 0.170 e. The lowest BCUT2D eigenvalue weighted by Crippen LogP contribution is -1.90. The van der Waals surface area contributed by atoms with Gasteiger partial charge in [0.1, 0.15) is 5.03 Å². The molecular formula is C9H11N3S2. The average Bonchev–Trinajstić information content (AvgIpc) is 2.54. The highest BCUT2D eigenvalue weighted by atomic mass is 32.2. The van der Waals surface area contributed by atoms with Gasteiger partial charge in [0.15, 0.2) is 5.65 Å². The summed E-state index contributed by atoms with van der Waals surface area (Å²) in [6, 6.07) is 1.97. The summed E-state index contributed by atoms with van der Waals surface area (Å²) in [6.45, 7) is 2.00. The number of hydrogen-bond acceptors (Lipinski definition) is 4. The Balaban J connectivity index is 2.74. The summed E-state index contributed by atoms with van der Waals surface area (Å²) in [6.07, 6.45) is 6.05. The fourth-order valence-electron chi connectivity index (χ4n) is 1.29. The molecule has 2 aromatic rings. The van der Waals surface area contributed by atoms with Crippen molar-refractivity contribution in [3.63, 3.8) is 0 Å². The molecule has 14 heavy (non-hydrogen) atoms. The molecule has 3 nitrogen and oxygen atoms in total. The van der Waals surface area contributed by atoms with E-state index in [0.29, 0.717) is 0 Å². The van der Waals surface area contributed by atoms with Gasteiger partial charge in [-0.1, -0.05) is 0 Å². The van der Waals surface area contributed by atoms with E-state index in [9.17, 15) is 0 Å². The quantitative estimate of drug-likeness (QED) is 0.735. The third-order valence-corrected chi connectivity index (χ3v) is 3.54. The normalized spacial score (nSPS) is 11.1. The van der Waals surface area contributed by atoms with Crippen LogP contribution in [0.25, 0.3) is 5.65 Å². The molecule has 0 aliphatic carbocycles. The Morgan fingerprint density at radius 3 is 2.71 bits per heavy atom. The predicted molar refractivity (Wildman–Crippen MR) is 61.3 cm³/mol. The molecule has 2 rings (SSSR count). The molecule has 0 amide bonds. The summed E-state index contributed by atoms with van der Waals surface area (Å²) in [4.78, 5) is 5.65. The van der Waals surface area contributed by atoms with E-state index in [-0.39, 0.29) is 0 Å². The van der Waals surface area contributed by atoms with Crippen molar-refractivity contribution in [1.29, 1.82) is 0 Å². The molecule has 0 spiro atoms. The lowest BCUT2D eigenvalue weighted by atomic mass is 10.4. The van der Waals surface area contributed by atoms with Crippen molar-refractivity contribution in [2.75, 3.05) is 12.5 Å². The fourth-order valence-corrected chi connectivity index (χ4v) is 2.77. The summed E-state index contributed by atoms with van der Waals surface area (Å²) >= 11 is 3.36. The second kappa shape index (κ2) is 3.82. The third-order valence-electron chi connectivity index (χ3n) is 1.95. The summed E-state index contributed by atoms with van der Waals surface area (Å²) in [5.74, 6) is 0. The van der Waals surface area contributed by atoms with Crippen LogP contribution in [0, 0.1) is 6.92 Å². The standard InChI is InChI=1S/C9H11N3S2/c1-6-4-5-12-8(10-6)7(13-2)9(11-12)14-3/h4-5H,1-3H3. The zero-order valence-corrected chi connectivity index (χ0v) is 9.95. The third kappa shape index (κ3) is 1.50. The van der Waals surface area contributed by atoms with Gasteiger partial charge in [0.2, 0.25) is 0 Å². The number of aryl methyl sites for hydroxylation is 1. The highest BCUT2D eigenvalue weighted by molar-refractivity contribution is 8.01. The van der Waals surface area contributed by atoms with Crippen LogP contribution in [0.3, 0.4) is 0 Å². The van der Waals surface area contributed by atoms with Gasteiger partial charge in [-0.3, -0.25) is 0 Å². The molecule has 0 N–H and O–H groups in total. The number of hydrogen-bond donors (Lipinski definition) is 0. The van der Waals surface area contributed by atoms with Gasteiger partial charge < -0.3 is 0 Å². The summed E-state index contributed by atoms with van der Waals surface area (Å²) in [5, 5.41) is 5.49. The first kappa shape index (κ1) is 9.86. The number of fused-ring (bicyclic) bond motifs is 1. The highest BCUT2D eigenvalue weighted by Crippen LogP contribution is 2.30. The van der Waals surface area contributed by atoms with Crippen LogP contribution in [0.5, 0.6) is 0 Å². The van der Waals surface area contributed by atoms with Crippen molar-refractivity contribution >= 4 is 29.2 Å². The molecule has 0 aliphatic heterocycles. The molecule has 0 bridgehead atoms. The number of nitrogens with zero attached hydrogens (tertiary/aromatic N) is 3. The van der Waals surface area contributed by atoms with E-state index in [4.69, 9.17) is 0 Å². The summed E-state index contributed by atoms with van der Waals surface area (Å²) in [7, 11) is 0. The lowest BCUT2D eigenvalue weighted by Gasteiger charge is -1.95. The van der Waals surface area contributed by atoms with Crippen LogP contribution in [0.2, 0.25) is 0 Å². The second-order valence-corrected chi connectivity index (χ2v) is 4.49. The van der Waals surface area contributed by atoms with Crippen LogP contribution in [0.4, 0.5) is 0 Å². The minimum atomic E-state index is 0.960. The second-order valence-electron chi connectivity index (χ2n) is 2.88. The number of aromatic nitrogens is 3. The molecule has 2 heterocycles. The van der Waals surface area contributed by atoms with E-state index in [1.165, 1.54) is 4.90 Å². The monoisotopic (exact) mass is 225 g/mol. The van der Waals surface area contributed by atoms with Crippen molar-refractivity contribution < 1.29 is 0 Å². The minimum absolute atomic E-state index is 0.960. The summed E-state index contributed by atoms with van der Waals surface area (Å²) < 4.78 is 1.84. The molecule has 0 atom stereocenters. The van der Waals surface area contributed by atoms with Gasteiger partial charge in [0, 0.05) is 11.9 Å². The Kier molecular flexibility index (Phi) is 2.69. The lowest BCUT2D eigenvalue weighted by molar-refractivity contribution is 0.880. The van der Waals surface area contributed by atoms with E-state index in [0.717, 1.165) is 16.4 Å². The van der Waals surface area contributed by atoms with Gasteiger partial charge >= 0.3 is 0 Å². The van der Waals surface area contributed by atoms with Crippen LogP contribution < -0.4 is 0 Å². The van der Waals surface area contributed by atoms with Crippen LogP contribution in [0.15, 0.2) is 22.2 Å². The van der Waals surface area contributed by atoms with Gasteiger partial charge in [-0.25, -0.2) is 9.50 Å². The SMILES string of the molecule is CSc1nn2ccc(C)nc2c1SC. The Morgan fingerprint density at radius 2 is 2.07 bits per heavy atom. The first-order valence-electron chi connectivity index (χ1n) is 4.20. The molecule has 0 aliphatic rings. The first-order valence-corrected chi connectivity index (χ1v) is 6.65. The Bertz CT molecular complexity index is 464. The molecular weight excluding hydrogens is 214 g/mol. The van der Waals surface area contributed by atoms with E-state index in [2.05, 4.69) is 16.3 Å². The molecule has 5 heteroatoms. The van der Waals surface area contributed by atoms with Gasteiger partial charge in [-0.15, -0.1) is 23.5 Å². The first-order chi connectivity index (χ1) is 6.76. The Hall–Kier alpha value is -0.680. The summed E-state index contributed by atoms with van der Waals surface area (Å²) in [5.41, 5.74) is 1.99. The molecule has 0 saturated heterocycles. The van der Waals surface area contributed by atoms with Gasteiger partial charge in [-0.05, 0) is 25.5 Å². The zero-order valence-electron chi connectivity index (χ0n) is 8.31. The Morgan fingerprint density at radius 1 is 1.29 bits per heavy atom. The van der Waals surface area contributed by atoms with E-state index in [1.807, 2.05) is 30.0 Å². The van der Waals surface area contributed by atoms with Crippen molar-refractivity contribution in [2.24, 2.45) is 0 Å². The van der Waals surface area contributed by atoms with Gasteiger partial charge in [0.05, 0.1) is 4.90 Å². The molecule has 0 aromatic carbocycles. The predicted octanol–water partition coefficient (Wildman–Crippen LogP) is 2.48. The molecule has 2 aromatic heterocycles. The van der Waals surface area contributed by atoms with Crippen molar-refractivity contribution in [1.82, 2.24) is 14.6 Å². The Labute approximate surface area is 91.3 Å². The average molecular weight is 225 g/mol. The van der Waals surface area contributed by atoms with Crippen LogP contribution in [-0.2, 0) is 0 Å². The fraction of sp³-hybridized carbons (Fsp3) is 0.333. The molecule has 0 fully saturated rings. The van der Waals surface area contributed by atoms with Crippen molar-refractivity contribution in [3.8, 4) is 0 Å². The number of rotatable bonds is 2. The largest absolute Gasteiger partial charge is 0.233 e. The van der Waals surface area contributed by atoms with Gasteiger partial charge in [0.25, 0.3) is 0 Å². The van der Waals surface area contributed by atoms with Crippen molar-refractivity contribution in [3.05, 3.63) is 18.0 Å². The molecule has 0 unspecified atom stereocenters. The van der Waals surface area contributed by atoms with E-state index in [1.54, 1.807) is 23.5 Å². The highest BCUT2D eigenvalue weighted by Gasteiger charge is 2.11. The van der Waals surface area contributed by atoms with Crippen LogP contribution in [0.1, 0.15) is 5.69 Å². The molecule has 0 radical (unpaired) electrons. The smallest absolute Gasteiger partial charge is 0.170 e.